The second-order valence-corrected chi connectivity index (χ2v) is 5.61. The molecule has 0 saturated heterocycles. The highest BCUT2D eigenvalue weighted by atomic mass is 19.1. The Morgan fingerprint density at radius 1 is 1.35 bits per heavy atom. The first-order chi connectivity index (χ1) is 9.49. The van der Waals surface area contributed by atoms with Gasteiger partial charge in [0.15, 0.2) is 0 Å². The lowest BCUT2D eigenvalue weighted by atomic mass is 10.1. The van der Waals surface area contributed by atoms with Crippen LogP contribution in [0.2, 0.25) is 0 Å². The first-order valence-electron chi connectivity index (χ1n) is 7.25. The van der Waals surface area contributed by atoms with Crippen molar-refractivity contribution in [2.45, 2.75) is 39.7 Å². The Hall–Kier alpha value is -1.13. The molecule has 0 spiro atoms. The van der Waals surface area contributed by atoms with Crippen molar-refractivity contribution in [2.75, 3.05) is 25.1 Å². The van der Waals surface area contributed by atoms with E-state index in [0.29, 0.717) is 31.2 Å². The molecule has 1 aromatic rings. The summed E-state index contributed by atoms with van der Waals surface area (Å²) in [5, 5.41) is 12.9. The van der Waals surface area contributed by atoms with Crippen molar-refractivity contribution in [1.29, 1.82) is 0 Å². The number of aliphatic hydroxyl groups is 1. The molecule has 114 valence electrons. The molecule has 0 saturated carbocycles. The third kappa shape index (κ3) is 6.87. The van der Waals surface area contributed by atoms with Crippen LogP contribution in [0.15, 0.2) is 18.2 Å². The predicted octanol–water partition coefficient (Wildman–Crippen LogP) is 3.36. The van der Waals surface area contributed by atoms with Gasteiger partial charge in [-0.05, 0) is 49.4 Å². The topological polar surface area (TPSA) is 41.5 Å². The van der Waals surface area contributed by atoms with Crippen molar-refractivity contribution in [1.82, 2.24) is 0 Å². The minimum Gasteiger partial charge on any atom is -0.389 e. The summed E-state index contributed by atoms with van der Waals surface area (Å²) in [6.45, 7) is 7.49. The van der Waals surface area contributed by atoms with Crippen LogP contribution in [0.4, 0.5) is 10.1 Å². The van der Waals surface area contributed by atoms with Gasteiger partial charge in [-0.15, -0.1) is 0 Å². The van der Waals surface area contributed by atoms with Gasteiger partial charge in [0.1, 0.15) is 5.82 Å². The number of ether oxygens (including phenoxy) is 1. The Labute approximate surface area is 121 Å². The molecule has 0 radical (unpaired) electrons. The van der Waals surface area contributed by atoms with Crippen molar-refractivity contribution in [2.24, 2.45) is 5.92 Å². The molecule has 1 rings (SSSR count). The fourth-order valence-corrected chi connectivity index (χ4v) is 1.86. The fourth-order valence-electron chi connectivity index (χ4n) is 1.86. The van der Waals surface area contributed by atoms with Crippen LogP contribution in [-0.2, 0) is 4.74 Å². The molecule has 4 heteroatoms. The summed E-state index contributed by atoms with van der Waals surface area (Å²) in [6, 6.07) is 4.82. The van der Waals surface area contributed by atoms with E-state index >= 15 is 0 Å². The van der Waals surface area contributed by atoms with Crippen LogP contribution in [0, 0.1) is 18.7 Å². The van der Waals surface area contributed by atoms with Crippen LogP contribution in [0.1, 0.15) is 32.3 Å². The Bertz CT molecular complexity index is 396. The molecular formula is C16H26FNO2. The molecule has 0 heterocycles. The van der Waals surface area contributed by atoms with E-state index in [1.165, 1.54) is 6.07 Å². The molecule has 1 atom stereocenters. The molecule has 0 bridgehead atoms. The summed E-state index contributed by atoms with van der Waals surface area (Å²) in [6.07, 6.45) is 1.61. The minimum atomic E-state index is -0.556. The Morgan fingerprint density at radius 3 is 2.75 bits per heavy atom. The van der Waals surface area contributed by atoms with Crippen LogP contribution in [0.25, 0.3) is 0 Å². The third-order valence-corrected chi connectivity index (χ3v) is 3.08. The van der Waals surface area contributed by atoms with Gasteiger partial charge in [-0.2, -0.15) is 0 Å². The molecule has 0 aliphatic rings. The Morgan fingerprint density at radius 2 is 2.10 bits per heavy atom. The van der Waals surface area contributed by atoms with E-state index in [4.69, 9.17) is 4.74 Å². The molecule has 0 aromatic heterocycles. The molecule has 1 aromatic carbocycles. The molecule has 0 aliphatic heterocycles. The van der Waals surface area contributed by atoms with Crippen LogP contribution >= 0.6 is 0 Å². The van der Waals surface area contributed by atoms with Crippen molar-refractivity contribution < 1.29 is 14.2 Å². The quantitative estimate of drug-likeness (QED) is 0.683. The lowest BCUT2D eigenvalue weighted by molar-refractivity contribution is 0.0409. The van der Waals surface area contributed by atoms with Gasteiger partial charge in [-0.1, -0.05) is 13.8 Å². The van der Waals surface area contributed by atoms with E-state index in [0.717, 1.165) is 18.5 Å². The van der Waals surface area contributed by atoms with Crippen LogP contribution in [0.5, 0.6) is 0 Å². The first kappa shape index (κ1) is 16.9. The summed E-state index contributed by atoms with van der Waals surface area (Å²) in [4.78, 5) is 0. The Kier molecular flexibility index (Phi) is 7.55. The largest absolute Gasteiger partial charge is 0.389 e. The summed E-state index contributed by atoms with van der Waals surface area (Å²) in [7, 11) is 0. The molecule has 2 N–H and O–H groups in total. The highest BCUT2D eigenvalue weighted by molar-refractivity contribution is 5.45. The average molecular weight is 283 g/mol. The van der Waals surface area contributed by atoms with Crippen LogP contribution in [0.3, 0.4) is 0 Å². The summed E-state index contributed by atoms with van der Waals surface area (Å²) >= 11 is 0. The summed E-state index contributed by atoms with van der Waals surface area (Å²) in [5.74, 6) is 0.469. The van der Waals surface area contributed by atoms with Crippen molar-refractivity contribution in [3.63, 3.8) is 0 Å². The van der Waals surface area contributed by atoms with E-state index < -0.39 is 6.10 Å². The second kappa shape index (κ2) is 8.93. The maximum atomic E-state index is 13.1. The Balaban J connectivity index is 2.16. The van der Waals surface area contributed by atoms with E-state index in [1.807, 2.05) is 0 Å². The first-order valence-corrected chi connectivity index (χ1v) is 7.25. The zero-order valence-corrected chi connectivity index (χ0v) is 12.7. The number of benzene rings is 1. The number of aliphatic hydroxyl groups excluding tert-OH is 1. The SMILES string of the molecule is Cc1cc(NCC(O)COCCCC(C)C)ccc1F. The second-order valence-electron chi connectivity index (χ2n) is 5.61. The summed E-state index contributed by atoms with van der Waals surface area (Å²) < 4.78 is 18.5. The summed E-state index contributed by atoms with van der Waals surface area (Å²) in [5.41, 5.74) is 1.40. The van der Waals surface area contributed by atoms with Gasteiger partial charge in [0.2, 0.25) is 0 Å². The maximum absolute atomic E-state index is 13.1. The van der Waals surface area contributed by atoms with Crippen molar-refractivity contribution in [3.05, 3.63) is 29.6 Å². The predicted molar refractivity (Wildman–Crippen MR) is 80.5 cm³/mol. The lowest BCUT2D eigenvalue weighted by Gasteiger charge is -2.14. The van der Waals surface area contributed by atoms with Gasteiger partial charge in [0, 0.05) is 18.8 Å². The highest BCUT2D eigenvalue weighted by Gasteiger charge is 2.05. The number of anilines is 1. The van der Waals surface area contributed by atoms with E-state index in [2.05, 4.69) is 19.2 Å². The molecule has 0 aliphatic carbocycles. The number of rotatable bonds is 9. The van der Waals surface area contributed by atoms with Crippen LogP contribution in [-0.4, -0.2) is 31.0 Å². The van der Waals surface area contributed by atoms with Crippen molar-refractivity contribution in [3.8, 4) is 0 Å². The average Bonchev–Trinajstić information content (AvgIpc) is 2.39. The normalized spacial score (nSPS) is 12.7. The number of hydrogen-bond donors (Lipinski definition) is 2. The fraction of sp³-hybridized carbons (Fsp3) is 0.625. The molecular weight excluding hydrogens is 257 g/mol. The van der Waals surface area contributed by atoms with Gasteiger partial charge in [0.25, 0.3) is 0 Å². The zero-order valence-electron chi connectivity index (χ0n) is 12.7. The third-order valence-electron chi connectivity index (χ3n) is 3.08. The molecule has 20 heavy (non-hydrogen) atoms. The smallest absolute Gasteiger partial charge is 0.126 e. The van der Waals surface area contributed by atoms with Crippen molar-refractivity contribution >= 4 is 5.69 Å². The number of nitrogens with one attached hydrogen (secondary N) is 1. The lowest BCUT2D eigenvalue weighted by Crippen LogP contribution is -2.25. The van der Waals surface area contributed by atoms with Gasteiger partial charge in [-0.3, -0.25) is 0 Å². The highest BCUT2D eigenvalue weighted by Crippen LogP contribution is 2.13. The van der Waals surface area contributed by atoms with Gasteiger partial charge in [-0.25, -0.2) is 4.39 Å². The van der Waals surface area contributed by atoms with E-state index in [1.54, 1.807) is 19.1 Å². The van der Waals surface area contributed by atoms with E-state index in [9.17, 15) is 9.50 Å². The monoisotopic (exact) mass is 283 g/mol. The number of aryl methyl sites for hydroxylation is 1. The van der Waals surface area contributed by atoms with Gasteiger partial charge < -0.3 is 15.2 Å². The number of halogens is 1. The zero-order chi connectivity index (χ0) is 15.0. The van der Waals surface area contributed by atoms with Crippen LogP contribution < -0.4 is 5.32 Å². The van der Waals surface area contributed by atoms with Gasteiger partial charge >= 0.3 is 0 Å². The minimum absolute atomic E-state index is 0.218. The molecule has 0 fully saturated rings. The number of hydrogen-bond acceptors (Lipinski definition) is 3. The molecule has 0 amide bonds. The molecule has 3 nitrogen and oxygen atoms in total. The van der Waals surface area contributed by atoms with E-state index in [-0.39, 0.29) is 5.82 Å². The molecule has 1 unspecified atom stereocenters. The van der Waals surface area contributed by atoms with Gasteiger partial charge in [0.05, 0.1) is 12.7 Å². The maximum Gasteiger partial charge on any atom is 0.126 e. The standard InChI is InChI=1S/C16H26FNO2/c1-12(2)5-4-8-20-11-15(19)10-18-14-6-7-16(17)13(3)9-14/h6-7,9,12,15,18-19H,4-5,8,10-11H2,1-3H3.